The van der Waals surface area contributed by atoms with Crippen molar-refractivity contribution in [3.8, 4) is 0 Å². The Morgan fingerprint density at radius 2 is 2.05 bits per heavy atom. The Kier molecular flexibility index (Phi) is 3.89. The number of carbonyl (C=O) groups is 1. The number of amides is 1. The van der Waals surface area contributed by atoms with E-state index < -0.39 is 5.91 Å². The van der Waals surface area contributed by atoms with Crippen LogP contribution in [0, 0.1) is 0 Å². The summed E-state index contributed by atoms with van der Waals surface area (Å²) in [7, 11) is 0. The van der Waals surface area contributed by atoms with Crippen LogP contribution in [-0.4, -0.2) is 10.9 Å². The first kappa shape index (κ1) is 13.9. The van der Waals surface area contributed by atoms with E-state index >= 15 is 0 Å². The van der Waals surface area contributed by atoms with Gasteiger partial charge in [-0.3, -0.25) is 4.79 Å². The minimum atomic E-state index is -0.566. The number of benzene rings is 1. The van der Waals surface area contributed by atoms with Gasteiger partial charge in [-0.2, -0.15) is 0 Å². The van der Waals surface area contributed by atoms with E-state index in [4.69, 9.17) is 11.5 Å². The zero-order chi connectivity index (χ0) is 14.7. The van der Waals surface area contributed by atoms with Crippen LogP contribution >= 0.6 is 0 Å². The fourth-order valence-corrected chi connectivity index (χ4v) is 1.87. The Morgan fingerprint density at radius 3 is 2.70 bits per heavy atom. The maximum atomic E-state index is 11.3. The van der Waals surface area contributed by atoms with Gasteiger partial charge in [0.1, 0.15) is 5.82 Å². The fraction of sp³-hybridized carbons (Fsp3) is 0.200. The molecule has 2 aromatic rings. The van der Waals surface area contributed by atoms with E-state index in [2.05, 4.69) is 30.2 Å². The second kappa shape index (κ2) is 5.61. The molecule has 0 unspecified atom stereocenters. The summed E-state index contributed by atoms with van der Waals surface area (Å²) in [5.41, 5.74) is 13.6. The number of pyridine rings is 1. The van der Waals surface area contributed by atoms with Crippen molar-refractivity contribution in [2.24, 2.45) is 5.73 Å². The highest BCUT2D eigenvalue weighted by atomic mass is 16.1. The number of nitrogens with zero attached hydrogens (tertiary/aromatic N) is 1. The number of hydrogen-bond acceptors (Lipinski definition) is 4. The maximum absolute atomic E-state index is 11.3. The van der Waals surface area contributed by atoms with Gasteiger partial charge in [-0.15, -0.1) is 0 Å². The molecule has 20 heavy (non-hydrogen) atoms. The summed E-state index contributed by atoms with van der Waals surface area (Å²) in [6.45, 7) is 4.26. The van der Waals surface area contributed by atoms with Gasteiger partial charge >= 0.3 is 0 Å². The van der Waals surface area contributed by atoms with Crippen molar-refractivity contribution in [2.75, 3.05) is 11.1 Å². The van der Waals surface area contributed by atoms with Crippen LogP contribution in [0.2, 0.25) is 0 Å². The van der Waals surface area contributed by atoms with E-state index in [0.717, 1.165) is 5.69 Å². The molecule has 1 amide bonds. The maximum Gasteiger partial charge on any atom is 0.250 e. The van der Waals surface area contributed by atoms with Crippen molar-refractivity contribution in [2.45, 2.75) is 19.8 Å². The van der Waals surface area contributed by atoms with Gasteiger partial charge in [0.25, 0.3) is 5.91 Å². The van der Waals surface area contributed by atoms with Crippen molar-refractivity contribution in [1.29, 1.82) is 0 Å². The van der Waals surface area contributed by atoms with Gasteiger partial charge < -0.3 is 16.8 Å². The molecule has 5 N–H and O–H groups in total. The molecule has 5 heteroatoms. The molecule has 0 radical (unpaired) electrons. The highest BCUT2D eigenvalue weighted by molar-refractivity contribution is 5.98. The van der Waals surface area contributed by atoms with Crippen LogP contribution in [0.25, 0.3) is 0 Å². The molecule has 0 bridgehead atoms. The molecule has 0 spiro atoms. The number of nitrogens with one attached hydrogen (secondary N) is 1. The molecule has 1 aromatic heterocycles. The lowest BCUT2D eigenvalue weighted by molar-refractivity contribution is 0.100. The van der Waals surface area contributed by atoms with Crippen LogP contribution in [0.5, 0.6) is 0 Å². The molecular formula is C15H18N4O. The second-order valence-electron chi connectivity index (χ2n) is 4.93. The Balaban J connectivity index is 2.28. The predicted octanol–water partition coefficient (Wildman–Crippen LogP) is 2.63. The third-order valence-electron chi connectivity index (χ3n) is 3.03. The Bertz CT molecular complexity index is 638. The minimum Gasteiger partial charge on any atom is -0.397 e. The first-order valence-corrected chi connectivity index (χ1v) is 6.39. The summed E-state index contributed by atoms with van der Waals surface area (Å²) in [5, 5.41) is 3.15. The molecule has 0 atom stereocenters. The van der Waals surface area contributed by atoms with Gasteiger partial charge in [-0.25, -0.2) is 4.98 Å². The molecule has 0 aliphatic rings. The number of hydrogen-bond donors (Lipinski definition) is 3. The lowest BCUT2D eigenvalue weighted by Crippen LogP contribution is -2.14. The molecule has 104 valence electrons. The van der Waals surface area contributed by atoms with Gasteiger partial charge in [0.05, 0.1) is 17.4 Å². The van der Waals surface area contributed by atoms with Crippen molar-refractivity contribution in [3.05, 3.63) is 47.7 Å². The Labute approximate surface area is 118 Å². The van der Waals surface area contributed by atoms with Gasteiger partial charge in [0.2, 0.25) is 0 Å². The smallest absolute Gasteiger partial charge is 0.250 e. The summed E-state index contributed by atoms with van der Waals surface area (Å²) in [4.78, 5) is 15.4. The van der Waals surface area contributed by atoms with E-state index in [1.807, 2.05) is 18.2 Å². The van der Waals surface area contributed by atoms with E-state index in [1.54, 1.807) is 6.07 Å². The monoisotopic (exact) mass is 270 g/mol. The molecule has 0 saturated heterocycles. The van der Waals surface area contributed by atoms with E-state index in [9.17, 15) is 4.79 Å². The molecule has 1 heterocycles. The van der Waals surface area contributed by atoms with Crippen LogP contribution in [0.3, 0.4) is 0 Å². The molecule has 5 nitrogen and oxygen atoms in total. The van der Waals surface area contributed by atoms with Gasteiger partial charge in [0.15, 0.2) is 0 Å². The third kappa shape index (κ3) is 3.06. The predicted molar refractivity (Wildman–Crippen MR) is 81.0 cm³/mol. The highest BCUT2D eigenvalue weighted by Crippen LogP contribution is 2.22. The molecule has 1 aromatic carbocycles. The van der Waals surface area contributed by atoms with E-state index in [0.29, 0.717) is 11.7 Å². The summed E-state index contributed by atoms with van der Waals surface area (Å²) >= 11 is 0. The lowest BCUT2D eigenvalue weighted by atomic mass is 10.0. The molecule has 0 saturated carbocycles. The van der Waals surface area contributed by atoms with Gasteiger partial charge in [0, 0.05) is 5.69 Å². The average molecular weight is 270 g/mol. The third-order valence-corrected chi connectivity index (χ3v) is 3.03. The summed E-state index contributed by atoms with van der Waals surface area (Å²) in [6.07, 6.45) is 1.43. The zero-order valence-electron chi connectivity index (χ0n) is 11.6. The highest BCUT2D eigenvalue weighted by Gasteiger charge is 2.08. The number of anilines is 3. The summed E-state index contributed by atoms with van der Waals surface area (Å²) < 4.78 is 0. The Morgan fingerprint density at radius 1 is 1.30 bits per heavy atom. The number of primary amides is 1. The number of carbonyl (C=O) groups excluding carboxylic acids is 1. The zero-order valence-corrected chi connectivity index (χ0v) is 11.6. The standard InChI is InChI=1S/C15H18N4O/c1-9(2)10-4-3-5-11(6-10)19-14-7-12(15(17)20)13(16)8-18-14/h3-9H,16H2,1-2H3,(H2,17,20)(H,18,19). The van der Waals surface area contributed by atoms with Crippen molar-refractivity contribution < 1.29 is 4.79 Å². The van der Waals surface area contributed by atoms with Crippen LogP contribution in [-0.2, 0) is 0 Å². The van der Waals surface area contributed by atoms with Gasteiger partial charge in [-0.05, 0) is 29.7 Å². The van der Waals surface area contributed by atoms with Gasteiger partial charge in [-0.1, -0.05) is 26.0 Å². The number of rotatable bonds is 4. The van der Waals surface area contributed by atoms with Crippen LogP contribution in [0.15, 0.2) is 36.5 Å². The minimum absolute atomic E-state index is 0.266. The number of aromatic nitrogens is 1. The molecule has 0 aliphatic carbocycles. The van der Waals surface area contributed by atoms with Crippen LogP contribution in [0.1, 0.15) is 35.7 Å². The molecule has 0 fully saturated rings. The summed E-state index contributed by atoms with van der Waals surface area (Å²) in [6, 6.07) is 9.59. The first-order chi connectivity index (χ1) is 9.47. The largest absolute Gasteiger partial charge is 0.397 e. The topological polar surface area (TPSA) is 94.0 Å². The van der Waals surface area contributed by atoms with Crippen LogP contribution in [0.4, 0.5) is 17.2 Å². The van der Waals surface area contributed by atoms with Crippen molar-refractivity contribution in [3.63, 3.8) is 0 Å². The second-order valence-corrected chi connectivity index (χ2v) is 4.93. The molecular weight excluding hydrogens is 252 g/mol. The van der Waals surface area contributed by atoms with E-state index in [-0.39, 0.29) is 11.3 Å². The SMILES string of the molecule is CC(C)c1cccc(Nc2cc(C(N)=O)c(N)cn2)c1. The number of nitrogens with two attached hydrogens (primary N) is 2. The summed E-state index contributed by atoms with van der Waals surface area (Å²) in [5.74, 6) is 0.412. The number of nitrogen functional groups attached to an aromatic ring is 1. The average Bonchev–Trinajstić information content (AvgIpc) is 2.41. The Hall–Kier alpha value is -2.56. The van der Waals surface area contributed by atoms with Crippen molar-refractivity contribution in [1.82, 2.24) is 4.98 Å². The normalized spacial score (nSPS) is 10.6. The molecule has 2 rings (SSSR count). The first-order valence-electron chi connectivity index (χ1n) is 6.39. The van der Waals surface area contributed by atoms with Crippen LogP contribution < -0.4 is 16.8 Å². The van der Waals surface area contributed by atoms with E-state index in [1.165, 1.54) is 11.8 Å². The quantitative estimate of drug-likeness (QED) is 0.796. The molecule has 0 aliphatic heterocycles. The fourth-order valence-electron chi connectivity index (χ4n) is 1.87. The lowest BCUT2D eigenvalue weighted by Gasteiger charge is -2.11. The van der Waals surface area contributed by atoms with Crippen molar-refractivity contribution >= 4 is 23.1 Å².